The summed E-state index contributed by atoms with van der Waals surface area (Å²) >= 11 is 5.98. The molecule has 2 rings (SSSR count). The Hall–Kier alpha value is -1.79. The Kier molecular flexibility index (Phi) is 3.46. The summed E-state index contributed by atoms with van der Waals surface area (Å²) in [5.74, 6) is 0. The van der Waals surface area contributed by atoms with Crippen molar-refractivity contribution < 1.29 is 0 Å². The highest BCUT2D eigenvalue weighted by molar-refractivity contribution is 6.31. The van der Waals surface area contributed by atoms with Gasteiger partial charge in [-0.15, -0.1) is 0 Å². The van der Waals surface area contributed by atoms with Crippen LogP contribution in [0.5, 0.6) is 0 Å². The normalized spacial score (nSPS) is 10.2. The molecule has 0 bridgehead atoms. The maximum atomic E-state index is 9.08. The molecule has 0 spiro atoms. The molecule has 4 heteroatoms. The monoisotopic (exact) mass is 245 g/mol. The van der Waals surface area contributed by atoms with Crippen LogP contribution in [0.25, 0.3) is 10.9 Å². The number of hydrogen-bond acceptors (Lipinski definition) is 3. The SMILES string of the molecule is CCCNc1c(C#N)cnc2ccc(Cl)cc12. The van der Waals surface area contributed by atoms with Gasteiger partial charge in [-0.3, -0.25) is 4.98 Å². The van der Waals surface area contributed by atoms with E-state index in [2.05, 4.69) is 23.3 Å². The minimum Gasteiger partial charge on any atom is -0.383 e. The third-order valence-electron chi connectivity index (χ3n) is 2.50. The van der Waals surface area contributed by atoms with Crippen LogP contribution in [0.1, 0.15) is 18.9 Å². The molecule has 0 atom stereocenters. The van der Waals surface area contributed by atoms with Gasteiger partial charge in [-0.1, -0.05) is 18.5 Å². The fraction of sp³-hybridized carbons (Fsp3) is 0.231. The van der Waals surface area contributed by atoms with Crippen molar-refractivity contribution in [2.75, 3.05) is 11.9 Å². The fourth-order valence-electron chi connectivity index (χ4n) is 1.69. The van der Waals surface area contributed by atoms with Gasteiger partial charge in [0.25, 0.3) is 0 Å². The Balaban J connectivity index is 2.64. The van der Waals surface area contributed by atoms with Crippen LogP contribution in [0.2, 0.25) is 5.02 Å². The molecule has 0 unspecified atom stereocenters. The molecule has 0 aliphatic rings. The first-order valence-corrected chi connectivity index (χ1v) is 5.86. The van der Waals surface area contributed by atoms with Gasteiger partial charge in [-0.25, -0.2) is 0 Å². The van der Waals surface area contributed by atoms with Gasteiger partial charge in [0.2, 0.25) is 0 Å². The molecule has 1 aromatic heterocycles. The summed E-state index contributed by atoms with van der Waals surface area (Å²) in [5, 5.41) is 13.9. The van der Waals surface area contributed by atoms with Gasteiger partial charge >= 0.3 is 0 Å². The molecular formula is C13H12ClN3. The van der Waals surface area contributed by atoms with Gasteiger partial charge in [0.1, 0.15) is 6.07 Å². The van der Waals surface area contributed by atoms with Crippen LogP contribution < -0.4 is 5.32 Å². The van der Waals surface area contributed by atoms with Crippen molar-refractivity contribution in [3.8, 4) is 6.07 Å². The number of fused-ring (bicyclic) bond motifs is 1. The van der Waals surface area contributed by atoms with Gasteiger partial charge in [-0.05, 0) is 24.6 Å². The van der Waals surface area contributed by atoms with Crippen LogP contribution in [-0.2, 0) is 0 Å². The number of rotatable bonds is 3. The van der Waals surface area contributed by atoms with E-state index in [1.165, 1.54) is 0 Å². The predicted octanol–water partition coefficient (Wildman–Crippen LogP) is 3.58. The average molecular weight is 246 g/mol. The number of nitrogens with zero attached hydrogens (tertiary/aromatic N) is 2. The highest BCUT2D eigenvalue weighted by Crippen LogP contribution is 2.27. The highest BCUT2D eigenvalue weighted by atomic mass is 35.5. The molecule has 0 fully saturated rings. The van der Waals surface area contributed by atoms with E-state index in [9.17, 15) is 0 Å². The highest BCUT2D eigenvalue weighted by Gasteiger charge is 2.08. The molecule has 3 nitrogen and oxygen atoms in total. The lowest BCUT2D eigenvalue weighted by Gasteiger charge is -2.10. The first-order valence-electron chi connectivity index (χ1n) is 5.48. The number of pyridine rings is 1. The molecule has 1 heterocycles. The van der Waals surface area contributed by atoms with E-state index in [1.54, 1.807) is 12.3 Å². The van der Waals surface area contributed by atoms with Gasteiger partial charge < -0.3 is 5.32 Å². The number of benzene rings is 1. The van der Waals surface area contributed by atoms with Crippen molar-refractivity contribution >= 4 is 28.2 Å². The maximum Gasteiger partial charge on any atom is 0.103 e. The summed E-state index contributed by atoms with van der Waals surface area (Å²) < 4.78 is 0. The maximum absolute atomic E-state index is 9.08. The second kappa shape index (κ2) is 5.03. The zero-order valence-corrected chi connectivity index (χ0v) is 10.3. The number of nitriles is 1. The quantitative estimate of drug-likeness (QED) is 0.899. The zero-order valence-electron chi connectivity index (χ0n) is 9.50. The average Bonchev–Trinajstić information content (AvgIpc) is 2.35. The van der Waals surface area contributed by atoms with E-state index in [1.807, 2.05) is 12.1 Å². The zero-order chi connectivity index (χ0) is 12.3. The van der Waals surface area contributed by atoms with Gasteiger partial charge in [0.05, 0.1) is 16.8 Å². The smallest absolute Gasteiger partial charge is 0.103 e. The summed E-state index contributed by atoms with van der Waals surface area (Å²) in [6.45, 7) is 2.90. The summed E-state index contributed by atoms with van der Waals surface area (Å²) in [6, 6.07) is 7.64. The summed E-state index contributed by atoms with van der Waals surface area (Å²) in [4.78, 5) is 4.24. The first-order chi connectivity index (χ1) is 8.26. The number of aromatic nitrogens is 1. The van der Waals surface area contributed by atoms with Crippen LogP contribution in [0.4, 0.5) is 5.69 Å². The van der Waals surface area contributed by atoms with Crippen molar-refractivity contribution in [1.82, 2.24) is 4.98 Å². The van der Waals surface area contributed by atoms with E-state index < -0.39 is 0 Å². The number of anilines is 1. The Bertz CT molecular complexity index is 587. The van der Waals surface area contributed by atoms with Crippen LogP contribution >= 0.6 is 11.6 Å². The Morgan fingerprint density at radius 1 is 1.47 bits per heavy atom. The van der Waals surface area contributed by atoms with E-state index in [4.69, 9.17) is 16.9 Å². The summed E-state index contributed by atoms with van der Waals surface area (Å²) in [6.07, 6.45) is 2.59. The minimum atomic E-state index is 0.549. The van der Waals surface area contributed by atoms with E-state index in [-0.39, 0.29) is 0 Å². The van der Waals surface area contributed by atoms with Crippen molar-refractivity contribution in [2.24, 2.45) is 0 Å². The van der Waals surface area contributed by atoms with Crippen molar-refractivity contribution in [3.05, 3.63) is 35.0 Å². The molecule has 0 amide bonds. The van der Waals surface area contributed by atoms with Crippen LogP contribution in [0.3, 0.4) is 0 Å². The largest absolute Gasteiger partial charge is 0.383 e. The number of halogens is 1. The van der Waals surface area contributed by atoms with Crippen LogP contribution in [0.15, 0.2) is 24.4 Å². The molecule has 17 heavy (non-hydrogen) atoms. The van der Waals surface area contributed by atoms with Crippen molar-refractivity contribution in [1.29, 1.82) is 5.26 Å². The second-order valence-corrected chi connectivity index (χ2v) is 4.18. The third-order valence-corrected chi connectivity index (χ3v) is 2.74. The van der Waals surface area contributed by atoms with E-state index in [0.717, 1.165) is 29.6 Å². The molecule has 0 radical (unpaired) electrons. The number of hydrogen-bond donors (Lipinski definition) is 1. The topological polar surface area (TPSA) is 48.7 Å². The van der Waals surface area contributed by atoms with Gasteiger partial charge in [0.15, 0.2) is 0 Å². The van der Waals surface area contributed by atoms with Gasteiger partial charge in [0, 0.05) is 23.2 Å². The molecule has 0 aliphatic heterocycles. The molecule has 0 aliphatic carbocycles. The Morgan fingerprint density at radius 3 is 3.00 bits per heavy atom. The van der Waals surface area contributed by atoms with Crippen LogP contribution in [-0.4, -0.2) is 11.5 Å². The molecule has 0 saturated heterocycles. The Labute approximate surface area is 105 Å². The Morgan fingerprint density at radius 2 is 2.29 bits per heavy atom. The molecule has 1 aromatic carbocycles. The first kappa shape index (κ1) is 11.7. The van der Waals surface area contributed by atoms with Gasteiger partial charge in [-0.2, -0.15) is 5.26 Å². The summed E-state index contributed by atoms with van der Waals surface area (Å²) in [7, 11) is 0. The summed E-state index contributed by atoms with van der Waals surface area (Å²) in [5.41, 5.74) is 2.21. The van der Waals surface area contributed by atoms with E-state index in [0.29, 0.717) is 10.6 Å². The number of nitrogens with one attached hydrogen (secondary N) is 1. The third kappa shape index (κ3) is 2.32. The van der Waals surface area contributed by atoms with Crippen LogP contribution in [0, 0.1) is 11.3 Å². The fourth-order valence-corrected chi connectivity index (χ4v) is 1.86. The lowest BCUT2D eigenvalue weighted by atomic mass is 10.1. The molecular weight excluding hydrogens is 234 g/mol. The lowest BCUT2D eigenvalue weighted by Crippen LogP contribution is -2.03. The van der Waals surface area contributed by atoms with Crippen molar-refractivity contribution in [2.45, 2.75) is 13.3 Å². The molecule has 2 aromatic rings. The second-order valence-electron chi connectivity index (χ2n) is 3.75. The standard InChI is InChI=1S/C13H12ClN3/c1-2-5-16-13-9(7-15)8-17-12-4-3-10(14)6-11(12)13/h3-4,6,8H,2,5H2,1H3,(H,16,17). The van der Waals surface area contributed by atoms with E-state index >= 15 is 0 Å². The minimum absolute atomic E-state index is 0.549. The predicted molar refractivity (Wildman–Crippen MR) is 70.2 cm³/mol. The molecule has 1 N–H and O–H groups in total. The molecule has 0 saturated carbocycles. The lowest BCUT2D eigenvalue weighted by molar-refractivity contribution is 0.980. The van der Waals surface area contributed by atoms with Crippen molar-refractivity contribution in [3.63, 3.8) is 0 Å². The molecule has 86 valence electrons.